The molecule has 2 N–H and O–H groups in total. The molecular weight excluding hydrogens is 261 g/mol. The highest BCUT2D eigenvalue weighted by Gasteiger charge is 2.23. The first-order chi connectivity index (χ1) is 9.00. The second kappa shape index (κ2) is 6.19. The standard InChI is InChI=1S/C14H22NO3P/c1-3-11(2)18-19(16,17)10-12-4-5-14-9-15-7-6-13(14)8-12/h4-5,8,11,15H,3,6-7,9-10H2,1-2H3,(H,16,17). The van der Waals surface area contributed by atoms with Gasteiger partial charge in [0.15, 0.2) is 0 Å². The van der Waals surface area contributed by atoms with Crippen LogP contribution in [0.2, 0.25) is 0 Å². The van der Waals surface area contributed by atoms with Gasteiger partial charge in [-0.25, -0.2) is 0 Å². The number of hydrogen-bond donors (Lipinski definition) is 2. The Hall–Kier alpha value is -0.670. The van der Waals surface area contributed by atoms with E-state index in [-0.39, 0.29) is 12.3 Å². The second-order valence-electron chi connectivity index (χ2n) is 5.15. The summed E-state index contributed by atoms with van der Waals surface area (Å²) in [7, 11) is -3.54. The zero-order valence-electron chi connectivity index (χ0n) is 11.6. The summed E-state index contributed by atoms with van der Waals surface area (Å²) in [5.41, 5.74) is 3.44. The monoisotopic (exact) mass is 283 g/mol. The smallest absolute Gasteiger partial charge is 0.324 e. The van der Waals surface area contributed by atoms with Crippen molar-refractivity contribution < 1.29 is 14.0 Å². The number of rotatable bonds is 5. The number of benzene rings is 1. The second-order valence-corrected chi connectivity index (χ2v) is 6.95. The number of hydrogen-bond acceptors (Lipinski definition) is 3. The predicted molar refractivity (Wildman–Crippen MR) is 76.2 cm³/mol. The van der Waals surface area contributed by atoms with Gasteiger partial charge >= 0.3 is 7.60 Å². The van der Waals surface area contributed by atoms with Crippen molar-refractivity contribution >= 4 is 7.60 Å². The number of fused-ring (bicyclic) bond motifs is 1. The Kier molecular flexibility index (Phi) is 4.80. The zero-order valence-corrected chi connectivity index (χ0v) is 12.5. The van der Waals surface area contributed by atoms with E-state index in [4.69, 9.17) is 4.52 Å². The highest BCUT2D eigenvalue weighted by molar-refractivity contribution is 7.51. The summed E-state index contributed by atoms with van der Waals surface area (Å²) in [6, 6.07) is 6.01. The third-order valence-corrected chi connectivity index (χ3v) is 4.91. The molecule has 0 radical (unpaired) electrons. The van der Waals surface area contributed by atoms with E-state index >= 15 is 0 Å². The lowest BCUT2D eigenvalue weighted by atomic mass is 9.99. The maximum Gasteiger partial charge on any atom is 0.332 e. The summed E-state index contributed by atoms with van der Waals surface area (Å²) < 4.78 is 17.3. The molecule has 2 unspecified atom stereocenters. The number of nitrogens with one attached hydrogen (secondary N) is 1. The molecule has 4 nitrogen and oxygen atoms in total. The normalized spacial score (nSPS) is 19.5. The van der Waals surface area contributed by atoms with Gasteiger partial charge in [0.2, 0.25) is 0 Å². The Morgan fingerprint density at radius 1 is 1.47 bits per heavy atom. The van der Waals surface area contributed by atoms with Crippen molar-refractivity contribution in [1.29, 1.82) is 0 Å². The Bertz CT molecular complexity index is 490. The van der Waals surface area contributed by atoms with Gasteiger partial charge in [0, 0.05) is 6.54 Å². The van der Waals surface area contributed by atoms with Crippen LogP contribution >= 0.6 is 7.60 Å². The van der Waals surface area contributed by atoms with E-state index in [1.807, 2.05) is 32.0 Å². The van der Waals surface area contributed by atoms with Crippen molar-refractivity contribution in [2.24, 2.45) is 0 Å². The summed E-state index contributed by atoms with van der Waals surface area (Å²) in [5, 5.41) is 3.31. The molecule has 0 bridgehead atoms. The summed E-state index contributed by atoms with van der Waals surface area (Å²) in [5.74, 6) is 0. The maximum atomic E-state index is 12.0. The Labute approximate surface area is 114 Å². The van der Waals surface area contributed by atoms with Crippen molar-refractivity contribution in [3.05, 3.63) is 34.9 Å². The van der Waals surface area contributed by atoms with Crippen LogP contribution in [-0.2, 0) is 28.2 Å². The lowest BCUT2D eigenvalue weighted by Crippen LogP contribution is -2.23. The zero-order chi connectivity index (χ0) is 13.9. The molecular formula is C14H22NO3P. The van der Waals surface area contributed by atoms with E-state index in [2.05, 4.69) is 5.32 Å². The summed E-state index contributed by atoms with van der Waals surface area (Å²) in [4.78, 5) is 9.89. The fraction of sp³-hybridized carbons (Fsp3) is 0.571. The van der Waals surface area contributed by atoms with Gasteiger partial charge in [0.1, 0.15) is 0 Å². The van der Waals surface area contributed by atoms with E-state index in [9.17, 15) is 9.46 Å². The predicted octanol–water partition coefficient (Wildman–Crippen LogP) is 2.83. The van der Waals surface area contributed by atoms with E-state index in [1.165, 1.54) is 11.1 Å². The van der Waals surface area contributed by atoms with Crippen molar-refractivity contribution in [2.45, 2.75) is 45.5 Å². The van der Waals surface area contributed by atoms with Crippen molar-refractivity contribution in [3.8, 4) is 0 Å². The van der Waals surface area contributed by atoms with Crippen LogP contribution in [-0.4, -0.2) is 17.5 Å². The SMILES string of the molecule is CCC(C)OP(=O)(O)Cc1ccc2c(c1)CCNC2. The first kappa shape index (κ1) is 14.7. The minimum absolute atomic E-state index is 0.0953. The average molecular weight is 283 g/mol. The van der Waals surface area contributed by atoms with Gasteiger partial charge in [-0.05, 0) is 43.0 Å². The van der Waals surface area contributed by atoms with E-state index in [1.54, 1.807) is 0 Å². The van der Waals surface area contributed by atoms with Crippen LogP contribution < -0.4 is 5.32 Å². The van der Waals surface area contributed by atoms with Gasteiger partial charge in [0.05, 0.1) is 12.3 Å². The first-order valence-electron chi connectivity index (χ1n) is 6.82. The Balaban J connectivity index is 2.08. The van der Waals surface area contributed by atoms with Gasteiger partial charge in [-0.1, -0.05) is 25.1 Å². The summed E-state index contributed by atoms with van der Waals surface area (Å²) in [6.45, 7) is 5.62. The third-order valence-electron chi connectivity index (χ3n) is 3.46. The van der Waals surface area contributed by atoms with Crippen LogP contribution in [0.4, 0.5) is 0 Å². The molecule has 2 atom stereocenters. The van der Waals surface area contributed by atoms with E-state index < -0.39 is 7.60 Å². The average Bonchev–Trinajstić information content (AvgIpc) is 2.37. The molecule has 1 aliphatic rings. The minimum atomic E-state index is -3.54. The van der Waals surface area contributed by atoms with Crippen LogP contribution in [0.25, 0.3) is 0 Å². The van der Waals surface area contributed by atoms with Crippen LogP contribution in [0.5, 0.6) is 0 Å². The van der Waals surface area contributed by atoms with Gasteiger partial charge in [0.25, 0.3) is 0 Å². The van der Waals surface area contributed by atoms with E-state index in [0.29, 0.717) is 0 Å². The molecule has 1 aliphatic heterocycles. The summed E-state index contributed by atoms with van der Waals surface area (Å²) >= 11 is 0. The molecule has 5 heteroatoms. The Morgan fingerprint density at radius 2 is 2.26 bits per heavy atom. The highest BCUT2D eigenvalue weighted by atomic mass is 31.2. The van der Waals surface area contributed by atoms with Gasteiger partial charge < -0.3 is 14.7 Å². The quantitative estimate of drug-likeness (QED) is 0.816. The molecule has 2 rings (SSSR count). The molecule has 1 aromatic rings. The maximum absolute atomic E-state index is 12.0. The lowest BCUT2D eigenvalue weighted by molar-refractivity contribution is 0.185. The molecule has 1 aromatic carbocycles. The molecule has 0 fully saturated rings. The largest absolute Gasteiger partial charge is 0.332 e. The molecule has 106 valence electrons. The van der Waals surface area contributed by atoms with E-state index in [0.717, 1.165) is 31.5 Å². The van der Waals surface area contributed by atoms with Gasteiger partial charge in [-0.3, -0.25) is 4.57 Å². The van der Waals surface area contributed by atoms with Crippen molar-refractivity contribution in [2.75, 3.05) is 6.54 Å². The lowest BCUT2D eigenvalue weighted by Gasteiger charge is -2.20. The summed E-state index contributed by atoms with van der Waals surface area (Å²) in [6.07, 6.45) is 1.63. The van der Waals surface area contributed by atoms with Gasteiger partial charge in [-0.15, -0.1) is 0 Å². The Morgan fingerprint density at radius 3 is 3.00 bits per heavy atom. The highest BCUT2D eigenvalue weighted by Crippen LogP contribution is 2.47. The van der Waals surface area contributed by atoms with Crippen LogP contribution in [0, 0.1) is 0 Å². The first-order valence-corrected chi connectivity index (χ1v) is 8.58. The van der Waals surface area contributed by atoms with Crippen LogP contribution in [0.15, 0.2) is 18.2 Å². The van der Waals surface area contributed by atoms with Crippen LogP contribution in [0.3, 0.4) is 0 Å². The molecule has 0 aliphatic carbocycles. The van der Waals surface area contributed by atoms with Crippen molar-refractivity contribution in [3.63, 3.8) is 0 Å². The molecule has 0 aromatic heterocycles. The van der Waals surface area contributed by atoms with Gasteiger partial charge in [-0.2, -0.15) is 0 Å². The topological polar surface area (TPSA) is 58.6 Å². The third kappa shape index (κ3) is 4.15. The molecule has 19 heavy (non-hydrogen) atoms. The fourth-order valence-electron chi connectivity index (χ4n) is 2.25. The molecule has 1 heterocycles. The molecule has 0 saturated carbocycles. The molecule has 0 spiro atoms. The molecule has 0 saturated heterocycles. The van der Waals surface area contributed by atoms with Crippen LogP contribution in [0.1, 0.15) is 37.0 Å². The molecule has 0 amide bonds. The minimum Gasteiger partial charge on any atom is -0.324 e. The fourth-order valence-corrected chi connectivity index (χ4v) is 3.70. The van der Waals surface area contributed by atoms with Crippen molar-refractivity contribution in [1.82, 2.24) is 5.32 Å².